The summed E-state index contributed by atoms with van der Waals surface area (Å²) in [6.45, 7) is 8.43. The van der Waals surface area contributed by atoms with Crippen molar-refractivity contribution in [2.75, 3.05) is 73.6 Å². The van der Waals surface area contributed by atoms with Gasteiger partial charge in [-0.3, -0.25) is 24.6 Å². The van der Waals surface area contributed by atoms with E-state index in [0.29, 0.717) is 49.1 Å². The number of halogens is 3. The van der Waals surface area contributed by atoms with Crippen molar-refractivity contribution < 1.29 is 27.6 Å². The maximum atomic E-state index is 13.5. The summed E-state index contributed by atoms with van der Waals surface area (Å²) in [4.78, 5) is 52.8. The van der Waals surface area contributed by atoms with E-state index >= 15 is 0 Å². The van der Waals surface area contributed by atoms with Crippen LogP contribution in [0.4, 0.5) is 30.4 Å². The molecule has 1 atom stereocenters. The number of hydrogen-bond donors (Lipinski definition) is 1. The van der Waals surface area contributed by atoms with E-state index < -0.39 is 23.7 Å². The second-order valence-electron chi connectivity index (χ2n) is 15.5. The van der Waals surface area contributed by atoms with Crippen molar-refractivity contribution in [1.29, 1.82) is 5.26 Å². The lowest BCUT2D eigenvalue weighted by Gasteiger charge is -2.40. The minimum Gasteiger partial charge on any atom is -0.371 e. The first kappa shape index (κ1) is 36.8. The first-order valence-corrected chi connectivity index (χ1v) is 19.4. The van der Waals surface area contributed by atoms with Crippen LogP contribution in [-0.4, -0.2) is 97.4 Å². The van der Waals surface area contributed by atoms with Gasteiger partial charge in [0.05, 0.1) is 17.2 Å². The first-order chi connectivity index (χ1) is 26.5. The number of piperazine rings is 1. The molecule has 288 valence electrons. The van der Waals surface area contributed by atoms with Crippen LogP contribution in [0.3, 0.4) is 0 Å². The SMILES string of the molecule is N#Cc1ccc(N2CCC(c3ccc(N4CCC(CN5CCN(c6ccc7c(c6)CN(C6CCC(=O)NC6=O)C7=O)CC5)CC4)nc3)CC2)cc1C(F)(F)F. The highest BCUT2D eigenvalue weighted by molar-refractivity contribution is 6.05. The normalized spacial score (nSPS) is 21.9. The number of hydrogen-bond acceptors (Lipinski definition) is 9. The van der Waals surface area contributed by atoms with E-state index in [1.165, 1.54) is 6.07 Å². The maximum absolute atomic E-state index is 13.5. The van der Waals surface area contributed by atoms with E-state index in [1.807, 2.05) is 23.2 Å². The van der Waals surface area contributed by atoms with Gasteiger partial charge in [-0.15, -0.1) is 0 Å². The van der Waals surface area contributed by atoms with E-state index in [4.69, 9.17) is 10.2 Å². The lowest BCUT2D eigenvalue weighted by molar-refractivity contribution is -0.138. The van der Waals surface area contributed by atoms with E-state index in [1.54, 1.807) is 17.0 Å². The van der Waals surface area contributed by atoms with Crippen LogP contribution < -0.4 is 20.0 Å². The molecule has 11 nitrogen and oxygen atoms in total. The van der Waals surface area contributed by atoms with Gasteiger partial charge in [0, 0.05) is 95.0 Å². The number of nitrogens with zero attached hydrogens (tertiary/aromatic N) is 7. The molecule has 8 rings (SSSR count). The quantitative estimate of drug-likeness (QED) is 0.327. The molecule has 0 bridgehead atoms. The molecule has 0 radical (unpaired) electrons. The number of pyridine rings is 1. The number of amides is 3. The van der Waals surface area contributed by atoms with Crippen molar-refractivity contribution in [1.82, 2.24) is 20.1 Å². The summed E-state index contributed by atoms with van der Waals surface area (Å²) in [6, 6.07) is 15.3. The second-order valence-corrected chi connectivity index (χ2v) is 15.5. The van der Waals surface area contributed by atoms with E-state index in [2.05, 4.69) is 38.2 Å². The van der Waals surface area contributed by atoms with Crippen LogP contribution in [0.5, 0.6) is 0 Å². The number of fused-ring (bicyclic) bond motifs is 1. The number of carbonyl (C=O) groups is 3. The fraction of sp³-hybridized carbons (Fsp3) is 0.488. The molecule has 0 spiro atoms. The zero-order valence-corrected chi connectivity index (χ0v) is 30.7. The molecule has 1 aromatic heterocycles. The summed E-state index contributed by atoms with van der Waals surface area (Å²) in [7, 11) is 0. The number of imide groups is 1. The molecular formula is C41H45F3N8O3. The Morgan fingerprint density at radius 3 is 2.16 bits per heavy atom. The molecule has 5 aliphatic rings. The molecule has 1 unspecified atom stereocenters. The van der Waals surface area contributed by atoms with Gasteiger partial charge in [-0.2, -0.15) is 18.4 Å². The van der Waals surface area contributed by atoms with Crippen molar-refractivity contribution in [3.05, 3.63) is 82.5 Å². The molecule has 3 aromatic rings. The van der Waals surface area contributed by atoms with Crippen LogP contribution in [0.1, 0.15) is 77.1 Å². The molecule has 0 saturated carbocycles. The van der Waals surface area contributed by atoms with Crippen LogP contribution in [-0.2, 0) is 22.3 Å². The summed E-state index contributed by atoms with van der Waals surface area (Å²) < 4.78 is 40.5. The average molecular weight is 755 g/mol. The van der Waals surface area contributed by atoms with Gasteiger partial charge in [0.2, 0.25) is 11.8 Å². The van der Waals surface area contributed by atoms with Crippen molar-refractivity contribution in [3.63, 3.8) is 0 Å². The Morgan fingerprint density at radius 1 is 0.800 bits per heavy atom. The second kappa shape index (κ2) is 15.2. The minimum absolute atomic E-state index is 0.147. The molecular weight excluding hydrogens is 709 g/mol. The monoisotopic (exact) mass is 754 g/mol. The predicted molar refractivity (Wildman–Crippen MR) is 201 cm³/mol. The lowest BCUT2D eigenvalue weighted by atomic mass is 9.90. The zero-order chi connectivity index (χ0) is 38.3. The molecule has 5 aliphatic heterocycles. The molecule has 0 aliphatic carbocycles. The van der Waals surface area contributed by atoms with E-state index in [9.17, 15) is 27.6 Å². The number of nitrogens with one attached hydrogen (secondary N) is 1. The Kier molecular flexibility index (Phi) is 10.1. The Balaban J connectivity index is 0.774. The summed E-state index contributed by atoms with van der Waals surface area (Å²) in [5.74, 6) is 1.09. The standard InChI is InChI=1S/C41H45F3N8O3/c42-41(43,44)35-22-33(3-1-29(35)23-45)49-15-11-28(12-16-49)30-2-7-37(46-24-30)51-13-9-27(10-14-51)25-48-17-19-50(20-18-48)32-4-5-34-31(21-32)26-52(40(34)55)36-6-8-38(53)47-39(36)54/h1-5,7,21-22,24,27-28,36H,6,8-20,25-26H2,(H,47,53,54). The van der Waals surface area contributed by atoms with E-state index in [-0.39, 0.29) is 23.8 Å². The highest BCUT2D eigenvalue weighted by atomic mass is 19.4. The number of anilines is 3. The average Bonchev–Trinajstić information content (AvgIpc) is 3.52. The predicted octanol–water partition coefficient (Wildman–Crippen LogP) is 5.16. The van der Waals surface area contributed by atoms with Crippen LogP contribution >= 0.6 is 0 Å². The summed E-state index contributed by atoms with van der Waals surface area (Å²) >= 11 is 0. The van der Waals surface area contributed by atoms with Crippen molar-refractivity contribution >= 4 is 34.9 Å². The first-order valence-electron chi connectivity index (χ1n) is 19.4. The van der Waals surface area contributed by atoms with Crippen molar-refractivity contribution in [2.24, 2.45) is 5.92 Å². The number of aromatic nitrogens is 1. The van der Waals surface area contributed by atoms with Crippen LogP contribution in [0, 0.1) is 17.2 Å². The van der Waals surface area contributed by atoms with Gasteiger partial charge in [-0.1, -0.05) is 6.07 Å². The third kappa shape index (κ3) is 7.72. The van der Waals surface area contributed by atoms with Crippen LogP contribution in [0.2, 0.25) is 0 Å². The number of alkyl halides is 3. The molecule has 55 heavy (non-hydrogen) atoms. The van der Waals surface area contributed by atoms with E-state index in [0.717, 1.165) is 100 Å². The molecule has 3 amide bonds. The van der Waals surface area contributed by atoms with Crippen molar-refractivity contribution in [3.8, 4) is 6.07 Å². The molecule has 2 aromatic carbocycles. The largest absolute Gasteiger partial charge is 0.417 e. The number of rotatable bonds is 7. The van der Waals surface area contributed by atoms with Crippen LogP contribution in [0.15, 0.2) is 54.7 Å². The number of benzene rings is 2. The van der Waals surface area contributed by atoms with Gasteiger partial charge < -0.3 is 19.6 Å². The topological polar surface area (TPSA) is 116 Å². The molecule has 1 N–H and O–H groups in total. The van der Waals surface area contributed by atoms with Gasteiger partial charge in [-0.25, -0.2) is 4.98 Å². The summed E-state index contributed by atoms with van der Waals surface area (Å²) in [5.41, 5.74) is 3.10. The van der Waals surface area contributed by atoms with Gasteiger partial charge in [-0.05, 0) is 97.5 Å². The summed E-state index contributed by atoms with van der Waals surface area (Å²) in [5, 5.41) is 11.5. The third-order valence-electron chi connectivity index (χ3n) is 12.2. The summed E-state index contributed by atoms with van der Waals surface area (Å²) in [6.07, 6.45) is 1.86. The van der Waals surface area contributed by atoms with Gasteiger partial charge in [0.1, 0.15) is 11.9 Å². The minimum atomic E-state index is -4.57. The fourth-order valence-electron chi connectivity index (χ4n) is 9.01. The Morgan fingerprint density at radius 2 is 1.49 bits per heavy atom. The van der Waals surface area contributed by atoms with Gasteiger partial charge >= 0.3 is 6.18 Å². The van der Waals surface area contributed by atoms with Crippen LogP contribution in [0.25, 0.3) is 0 Å². The molecule has 4 fully saturated rings. The molecule has 14 heteroatoms. The Bertz CT molecular complexity index is 1980. The fourth-order valence-corrected chi connectivity index (χ4v) is 9.01. The number of nitriles is 1. The maximum Gasteiger partial charge on any atom is 0.417 e. The lowest BCUT2D eigenvalue weighted by Crippen LogP contribution is -2.52. The number of piperidine rings is 3. The number of carbonyl (C=O) groups excluding carboxylic acids is 3. The Labute approximate surface area is 318 Å². The van der Waals surface area contributed by atoms with Crippen molar-refractivity contribution in [2.45, 2.75) is 63.2 Å². The Hall–Kier alpha value is -5.16. The molecule has 6 heterocycles. The third-order valence-corrected chi connectivity index (χ3v) is 12.2. The highest BCUT2D eigenvalue weighted by Gasteiger charge is 2.39. The smallest absolute Gasteiger partial charge is 0.371 e. The highest BCUT2D eigenvalue weighted by Crippen LogP contribution is 2.37. The van der Waals surface area contributed by atoms with Gasteiger partial charge in [0.15, 0.2) is 0 Å². The zero-order valence-electron chi connectivity index (χ0n) is 30.7. The molecule has 4 saturated heterocycles. The van der Waals surface area contributed by atoms with Gasteiger partial charge in [0.25, 0.3) is 5.91 Å².